The second-order valence-electron chi connectivity index (χ2n) is 6.15. The Kier molecular flexibility index (Phi) is 3.13. The van der Waals surface area contributed by atoms with Crippen LogP contribution in [0.1, 0.15) is 5.56 Å². The molecule has 0 aliphatic carbocycles. The largest absolute Gasteiger partial charge is 0.504 e. The van der Waals surface area contributed by atoms with Crippen LogP contribution in [0.2, 0.25) is 0 Å². The van der Waals surface area contributed by atoms with Crippen molar-refractivity contribution in [3.05, 3.63) is 29.8 Å². The van der Waals surface area contributed by atoms with Gasteiger partial charge in [-0.2, -0.15) is 0 Å². The Labute approximate surface area is 139 Å². The average molecular weight is 325 g/mol. The lowest BCUT2D eigenvalue weighted by atomic mass is 9.91. The van der Waals surface area contributed by atoms with Crippen molar-refractivity contribution in [3.8, 4) is 23.0 Å². The summed E-state index contributed by atoms with van der Waals surface area (Å²) >= 11 is 0. The van der Waals surface area contributed by atoms with Crippen molar-refractivity contribution in [2.24, 2.45) is 0 Å². The van der Waals surface area contributed by atoms with Crippen LogP contribution in [0.25, 0.3) is 21.5 Å². The minimum Gasteiger partial charge on any atom is -0.504 e. The summed E-state index contributed by atoms with van der Waals surface area (Å²) in [7, 11) is 5.11. The number of methoxy groups -OCH3 is 2. The molecule has 0 atom stereocenters. The SMILES string of the molecule is COc1cc2c(cc1O)cc1c3c(cc(OC)c(O)c32)CCN1C. The van der Waals surface area contributed by atoms with Gasteiger partial charge in [0, 0.05) is 30.1 Å². The van der Waals surface area contributed by atoms with E-state index in [1.54, 1.807) is 19.2 Å². The Morgan fingerprint density at radius 1 is 0.958 bits per heavy atom. The third-order valence-corrected chi connectivity index (χ3v) is 4.86. The number of likely N-dealkylation sites (N-methyl/N-ethyl adjacent to an activating group) is 1. The molecule has 4 rings (SSSR count). The van der Waals surface area contributed by atoms with Gasteiger partial charge in [0.15, 0.2) is 23.0 Å². The Bertz CT molecular complexity index is 981. The fourth-order valence-electron chi connectivity index (χ4n) is 3.62. The van der Waals surface area contributed by atoms with E-state index in [1.807, 2.05) is 19.2 Å². The van der Waals surface area contributed by atoms with Gasteiger partial charge < -0.3 is 24.6 Å². The van der Waals surface area contributed by atoms with E-state index in [-0.39, 0.29) is 11.5 Å². The van der Waals surface area contributed by atoms with Crippen LogP contribution in [0, 0.1) is 0 Å². The monoisotopic (exact) mass is 325 g/mol. The maximum Gasteiger partial charge on any atom is 0.166 e. The number of aromatic hydroxyl groups is 2. The van der Waals surface area contributed by atoms with Crippen molar-refractivity contribution in [2.75, 3.05) is 32.7 Å². The molecule has 0 saturated heterocycles. The predicted octanol–water partition coefficient (Wildman–Crippen LogP) is 3.41. The van der Waals surface area contributed by atoms with Crippen molar-refractivity contribution in [1.29, 1.82) is 0 Å². The third-order valence-electron chi connectivity index (χ3n) is 4.86. The number of hydrogen-bond donors (Lipinski definition) is 2. The number of benzene rings is 3. The highest BCUT2D eigenvalue weighted by Gasteiger charge is 2.23. The summed E-state index contributed by atoms with van der Waals surface area (Å²) in [4.78, 5) is 2.17. The molecule has 3 aromatic rings. The van der Waals surface area contributed by atoms with Crippen molar-refractivity contribution in [3.63, 3.8) is 0 Å². The van der Waals surface area contributed by atoms with Crippen LogP contribution in [0.4, 0.5) is 5.69 Å². The zero-order valence-electron chi connectivity index (χ0n) is 13.9. The molecule has 0 bridgehead atoms. The van der Waals surface area contributed by atoms with Gasteiger partial charge in [-0.3, -0.25) is 0 Å². The standard InChI is InChI=1S/C19H19NO4/c1-20-5-4-10-8-16(24-3)19(22)18-12-9-15(23-2)14(21)7-11(12)6-13(20)17(10)18/h6-9,21-22H,4-5H2,1-3H3. The maximum absolute atomic E-state index is 10.8. The summed E-state index contributed by atoms with van der Waals surface area (Å²) in [6.07, 6.45) is 0.886. The van der Waals surface area contributed by atoms with E-state index in [1.165, 1.54) is 7.11 Å². The summed E-state index contributed by atoms with van der Waals surface area (Å²) < 4.78 is 10.6. The highest BCUT2D eigenvalue weighted by Crippen LogP contribution is 2.48. The van der Waals surface area contributed by atoms with E-state index in [9.17, 15) is 10.2 Å². The van der Waals surface area contributed by atoms with Gasteiger partial charge in [0.1, 0.15) is 0 Å². The Balaban J connectivity index is 2.26. The molecule has 0 spiro atoms. The first-order valence-corrected chi connectivity index (χ1v) is 7.82. The Morgan fingerprint density at radius 2 is 1.71 bits per heavy atom. The van der Waals surface area contributed by atoms with Crippen LogP contribution in [-0.4, -0.2) is 38.0 Å². The van der Waals surface area contributed by atoms with E-state index in [0.717, 1.165) is 45.8 Å². The zero-order chi connectivity index (χ0) is 17.0. The second kappa shape index (κ2) is 5.09. The summed E-state index contributed by atoms with van der Waals surface area (Å²) in [5, 5.41) is 24.4. The summed E-state index contributed by atoms with van der Waals surface area (Å²) in [5.74, 6) is 1.04. The molecule has 2 N–H and O–H groups in total. The highest BCUT2D eigenvalue weighted by atomic mass is 16.5. The van der Waals surface area contributed by atoms with Gasteiger partial charge in [-0.25, -0.2) is 0 Å². The molecule has 3 aromatic carbocycles. The van der Waals surface area contributed by atoms with E-state index in [2.05, 4.69) is 4.90 Å². The maximum atomic E-state index is 10.8. The predicted molar refractivity (Wildman–Crippen MR) is 94.9 cm³/mol. The van der Waals surface area contributed by atoms with Crippen LogP contribution in [0.5, 0.6) is 23.0 Å². The van der Waals surface area contributed by atoms with Gasteiger partial charge in [0.05, 0.1) is 14.2 Å². The molecular formula is C19H19NO4. The van der Waals surface area contributed by atoms with Crippen LogP contribution in [-0.2, 0) is 6.42 Å². The van der Waals surface area contributed by atoms with Gasteiger partial charge >= 0.3 is 0 Å². The molecule has 1 aliphatic rings. The van der Waals surface area contributed by atoms with E-state index in [4.69, 9.17) is 9.47 Å². The first kappa shape index (κ1) is 14.8. The number of ether oxygens (including phenoxy) is 2. The number of phenolic OH excluding ortho intramolecular Hbond substituents is 2. The van der Waals surface area contributed by atoms with Crippen molar-refractivity contribution in [2.45, 2.75) is 6.42 Å². The second-order valence-corrected chi connectivity index (χ2v) is 6.15. The van der Waals surface area contributed by atoms with Gasteiger partial charge in [-0.1, -0.05) is 0 Å². The van der Waals surface area contributed by atoms with Crippen LogP contribution >= 0.6 is 0 Å². The summed E-state index contributed by atoms with van der Waals surface area (Å²) in [5.41, 5.74) is 2.20. The van der Waals surface area contributed by atoms with Crippen molar-refractivity contribution in [1.82, 2.24) is 0 Å². The molecule has 1 heterocycles. The number of anilines is 1. The normalized spacial score (nSPS) is 13.5. The first-order valence-electron chi connectivity index (χ1n) is 7.82. The lowest BCUT2D eigenvalue weighted by Crippen LogP contribution is -2.24. The van der Waals surface area contributed by atoms with Crippen LogP contribution < -0.4 is 14.4 Å². The lowest BCUT2D eigenvalue weighted by molar-refractivity contribution is 0.374. The summed E-state index contributed by atoms with van der Waals surface area (Å²) in [6, 6.07) is 7.40. The first-order chi connectivity index (χ1) is 11.5. The molecule has 0 saturated carbocycles. The number of phenols is 2. The third kappa shape index (κ3) is 1.87. The molecule has 5 heteroatoms. The molecule has 0 aromatic heterocycles. The van der Waals surface area contributed by atoms with E-state index in [0.29, 0.717) is 11.5 Å². The number of fused-ring (bicyclic) bond motifs is 2. The average Bonchev–Trinajstić information content (AvgIpc) is 2.58. The Morgan fingerprint density at radius 3 is 2.42 bits per heavy atom. The van der Waals surface area contributed by atoms with E-state index < -0.39 is 0 Å². The smallest absolute Gasteiger partial charge is 0.166 e. The number of hydrogen-bond acceptors (Lipinski definition) is 5. The topological polar surface area (TPSA) is 62.2 Å². The molecule has 0 amide bonds. The van der Waals surface area contributed by atoms with Crippen molar-refractivity contribution >= 4 is 27.2 Å². The van der Waals surface area contributed by atoms with Gasteiger partial charge in [0.2, 0.25) is 0 Å². The quantitative estimate of drug-likeness (QED) is 0.707. The molecule has 5 nitrogen and oxygen atoms in total. The van der Waals surface area contributed by atoms with Crippen LogP contribution in [0.3, 0.4) is 0 Å². The molecule has 0 unspecified atom stereocenters. The number of nitrogens with zero attached hydrogens (tertiary/aromatic N) is 1. The molecule has 24 heavy (non-hydrogen) atoms. The molecule has 0 fully saturated rings. The Hall–Kier alpha value is -2.82. The summed E-state index contributed by atoms with van der Waals surface area (Å²) in [6.45, 7) is 0.893. The molecule has 0 radical (unpaired) electrons. The molecular weight excluding hydrogens is 306 g/mol. The fraction of sp³-hybridized carbons (Fsp3) is 0.263. The van der Waals surface area contributed by atoms with Gasteiger partial charge in [0.25, 0.3) is 0 Å². The highest BCUT2D eigenvalue weighted by molar-refractivity contribution is 6.18. The minimum absolute atomic E-state index is 0.0811. The zero-order valence-corrected chi connectivity index (χ0v) is 13.9. The van der Waals surface area contributed by atoms with E-state index >= 15 is 0 Å². The van der Waals surface area contributed by atoms with Gasteiger partial charge in [-0.15, -0.1) is 0 Å². The van der Waals surface area contributed by atoms with Crippen LogP contribution in [0.15, 0.2) is 24.3 Å². The minimum atomic E-state index is 0.0811. The fourth-order valence-corrected chi connectivity index (χ4v) is 3.62. The number of rotatable bonds is 2. The molecule has 1 aliphatic heterocycles. The van der Waals surface area contributed by atoms with Gasteiger partial charge in [-0.05, 0) is 47.0 Å². The molecule has 124 valence electrons. The lowest BCUT2D eigenvalue weighted by Gasteiger charge is -2.29. The van der Waals surface area contributed by atoms with Crippen molar-refractivity contribution < 1.29 is 19.7 Å².